The van der Waals surface area contributed by atoms with Crippen LogP contribution in [0.4, 0.5) is 5.69 Å². The molecule has 0 aliphatic carbocycles. The van der Waals surface area contributed by atoms with Crippen molar-refractivity contribution in [2.45, 2.75) is 25.3 Å². The van der Waals surface area contributed by atoms with Crippen LogP contribution in [-0.2, 0) is 16.6 Å². The number of benzene rings is 2. The lowest BCUT2D eigenvalue weighted by Gasteiger charge is -2.11. The molecule has 0 fully saturated rings. The van der Waals surface area contributed by atoms with Gasteiger partial charge >= 0.3 is 0 Å². The molecule has 2 N–H and O–H groups in total. The van der Waals surface area contributed by atoms with Gasteiger partial charge in [0.05, 0.1) is 11.0 Å². The standard InChI is InChI=1S/C22H22N4O3S2/c1-15-7-9-17(10-8-15)25-31(28,29)20-11-14-30-21(20)22(27)23-12-13-26-16(2)24-18-5-3-4-6-19(18)26/h3-11,14,25H,12-13H2,1-2H3,(H,23,27). The van der Waals surface area contributed by atoms with Crippen LogP contribution in [0.2, 0.25) is 0 Å². The molecule has 7 nitrogen and oxygen atoms in total. The highest BCUT2D eigenvalue weighted by atomic mass is 32.2. The minimum absolute atomic E-state index is 0.0279. The van der Waals surface area contributed by atoms with Crippen LogP contribution in [0.15, 0.2) is 64.9 Å². The van der Waals surface area contributed by atoms with Gasteiger partial charge in [-0.15, -0.1) is 11.3 Å². The number of aromatic nitrogens is 2. The van der Waals surface area contributed by atoms with Gasteiger partial charge in [-0.1, -0.05) is 29.8 Å². The van der Waals surface area contributed by atoms with Crippen LogP contribution < -0.4 is 10.0 Å². The fourth-order valence-electron chi connectivity index (χ4n) is 3.35. The number of hydrogen-bond donors (Lipinski definition) is 2. The van der Waals surface area contributed by atoms with E-state index < -0.39 is 15.9 Å². The van der Waals surface area contributed by atoms with E-state index >= 15 is 0 Å². The summed E-state index contributed by atoms with van der Waals surface area (Å²) in [5.41, 5.74) is 3.38. The van der Waals surface area contributed by atoms with Crippen LogP contribution in [0.5, 0.6) is 0 Å². The molecule has 0 unspecified atom stereocenters. The highest BCUT2D eigenvalue weighted by Gasteiger charge is 2.24. The Balaban J connectivity index is 1.46. The van der Waals surface area contributed by atoms with Crippen LogP contribution in [0, 0.1) is 13.8 Å². The summed E-state index contributed by atoms with van der Waals surface area (Å²) >= 11 is 1.10. The average molecular weight is 455 g/mol. The normalized spacial score (nSPS) is 11.5. The van der Waals surface area contributed by atoms with Crippen molar-refractivity contribution in [1.82, 2.24) is 14.9 Å². The van der Waals surface area contributed by atoms with Gasteiger partial charge in [-0.05, 0) is 49.6 Å². The predicted molar refractivity (Wildman–Crippen MR) is 123 cm³/mol. The smallest absolute Gasteiger partial charge is 0.263 e. The van der Waals surface area contributed by atoms with Crippen LogP contribution >= 0.6 is 11.3 Å². The number of nitrogens with one attached hydrogen (secondary N) is 2. The first-order chi connectivity index (χ1) is 14.8. The van der Waals surface area contributed by atoms with Crippen molar-refractivity contribution in [3.05, 3.63) is 76.2 Å². The molecule has 9 heteroatoms. The number of carbonyl (C=O) groups is 1. The average Bonchev–Trinajstić information content (AvgIpc) is 3.35. The van der Waals surface area contributed by atoms with Gasteiger partial charge in [-0.3, -0.25) is 9.52 Å². The second kappa shape index (κ2) is 8.52. The number of amides is 1. The van der Waals surface area contributed by atoms with Crippen LogP contribution in [0.1, 0.15) is 21.1 Å². The number of anilines is 1. The zero-order chi connectivity index (χ0) is 22.0. The Morgan fingerprint density at radius 1 is 1.06 bits per heavy atom. The molecular formula is C22H22N4O3S2. The number of nitrogens with zero attached hydrogens (tertiary/aromatic N) is 2. The van der Waals surface area contributed by atoms with E-state index in [2.05, 4.69) is 15.0 Å². The van der Waals surface area contributed by atoms with Gasteiger partial charge in [0.15, 0.2) is 0 Å². The monoisotopic (exact) mass is 454 g/mol. The third-order valence-electron chi connectivity index (χ3n) is 4.90. The second-order valence-corrected chi connectivity index (χ2v) is 9.71. The van der Waals surface area contributed by atoms with Crippen molar-refractivity contribution in [2.24, 2.45) is 0 Å². The molecule has 4 aromatic rings. The van der Waals surface area contributed by atoms with E-state index in [9.17, 15) is 13.2 Å². The molecule has 1 amide bonds. The first-order valence-corrected chi connectivity index (χ1v) is 12.1. The first kappa shape index (κ1) is 21.1. The van der Waals surface area contributed by atoms with Gasteiger partial charge in [-0.2, -0.15) is 0 Å². The summed E-state index contributed by atoms with van der Waals surface area (Å²) in [4.78, 5) is 17.4. The molecule has 4 rings (SSSR count). The van der Waals surface area contributed by atoms with Gasteiger partial charge in [0.1, 0.15) is 15.6 Å². The van der Waals surface area contributed by atoms with E-state index in [0.29, 0.717) is 18.8 Å². The summed E-state index contributed by atoms with van der Waals surface area (Å²) in [6.45, 7) is 4.73. The summed E-state index contributed by atoms with van der Waals surface area (Å²) in [5, 5.41) is 4.43. The number of rotatable bonds is 7. The molecule has 0 radical (unpaired) electrons. The molecule has 0 aliphatic rings. The minimum atomic E-state index is -3.88. The third kappa shape index (κ3) is 4.47. The number of para-hydroxylation sites is 2. The van der Waals surface area contributed by atoms with E-state index in [1.807, 2.05) is 54.8 Å². The van der Waals surface area contributed by atoms with E-state index in [1.54, 1.807) is 17.5 Å². The summed E-state index contributed by atoms with van der Waals surface area (Å²) < 4.78 is 30.2. The fourth-order valence-corrected chi connectivity index (χ4v) is 5.75. The number of thiophene rings is 1. The summed E-state index contributed by atoms with van der Waals surface area (Å²) in [6, 6.07) is 16.3. The molecule has 0 saturated heterocycles. The maximum Gasteiger partial charge on any atom is 0.263 e. The van der Waals surface area contributed by atoms with Crippen molar-refractivity contribution in [1.29, 1.82) is 0 Å². The van der Waals surface area contributed by atoms with Gasteiger partial charge in [0.25, 0.3) is 15.9 Å². The zero-order valence-electron chi connectivity index (χ0n) is 17.1. The van der Waals surface area contributed by atoms with Gasteiger partial charge in [0.2, 0.25) is 0 Å². The molecule has 0 atom stereocenters. The number of aryl methyl sites for hydroxylation is 2. The van der Waals surface area contributed by atoms with E-state index in [0.717, 1.165) is 33.8 Å². The Labute approximate surface area is 184 Å². The molecule has 2 heterocycles. The van der Waals surface area contributed by atoms with E-state index in [4.69, 9.17) is 0 Å². The number of carbonyl (C=O) groups excluding carboxylic acids is 1. The van der Waals surface area contributed by atoms with Gasteiger partial charge in [0, 0.05) is 18.8 Å². The molecule has 0 bridgehead atoms. The Morgan fingerprint density at radius 3 is 2.58 bits per heavy atom. The lowest BCUT2D eigenvalue weighted by molar-refractivity contribution is 0.0953. The maximum atomic E-state index is 12.8. The number of sulfonamides is 1. The predicted octanol–water partition coefficient (Wildman–Crippen LogP) is 3.95. The molecule has 0 aliphatic heterocycles. The first-order valence-electron chi connectivity index (χ1n) is 9.72. The SMILES string of the molecule is Cc1ccc(NS(=O)(=O)c2ccsc2C(=O)NCCn2c(C)nc3ccccc32)cc1. The molecule has 2 aromatic carbocycles. The summed E-state index contributed by atoms with van der Waals surface area (Å²) in [7, 11) is -3.88. The minimum Gasteiger partial charge on any atom is -0.350 e. The maximum absolute atomic E-state index is 12.8. The molecular weight excluding hydrogens is 432 g/mol. The Bertz CT molecular complexity index is 1340. The molecule has 0 spiro atoms. The number of hydrogen-bond acceptors (Lipinski definition) is 5. The quantitative estimate of drug-likeness (QED) is 0.442. The van der Waals surface area contributed by atoms with E-state index in [1.165, 1.54) is 6.07 Å². The topological polar surface area (TPSA) is 93.1 Å². The highest BCUT2D eigenvalue weighted by molar-refractivity contribution is 7.93. The number of imidazole rings is 1. The van der Waals surface area contributed by atoms with Crippen molar-refractivity contribution in [3.8, 4) is 0 Å². The van der Waals surface area contributed by atoms with Crippen molar-refractivity contribution in [2.75, 3.05) is 11.3 Å². The van der Waals surface area contributed by atoms with Crippen molar-refractivity contribution >= 4 is 44.0 Å². The lowest BCUT2D eigenvalue weighted by Crippen LogP contribution is -2.28. The van der Waals surface area contributed by atoms with Crippen LogP contribution in [0.25, 0.3) is 11.0 Å². The molecule has 160 valence electrons. The van der Waals surface area contributed by atoms with Crippen LogP contribution in [0.3, 0.4) is 0 Å². The van der Waals surface area contributed by atoms with Crippen molar-refractivity contribution in [3.63, 3.8) is 0 Å². The Kier molecular flexibility index (Phi) is 5.79. The van der Waals surface area contributed by atoms with Crippen molar-refractivity contribution < 1.29 is 13.2 Å². The van der Waals surface area contributed by atoms with E-state index in [-0.39, 0.29) is 9.77 Å². The fraction of sp³-hybridized carbons (Fsp3) is 0.182. The number of fused-ring (bicyclic) bond motifs is 1. The molecule has 31 heavy (non-hydrogen) atoms. The van der Waals surface area contributed by atoms with Crippen LogP contribution in [-0.4, -0.2) is 30.4 Å². The lowest BCUT2D eigenvalue weighted by atomic mass is 10.2. The highest BCUT2D eigenvalue weighted by Crippen LogP contribution is 2.24. The van der Waals surface area contributed by atoms with Gasteiger partial charge < -0.3 is 9.88 Å². The largest absolute Gasteiger partial charge is 0.350 e. The summed E-state index contributed by atoms with van der Waals surface area (Å²) in [5.74, 6) is 0.443. The zero-order valence-corrected chi connectivity index (χ0v) is 18.8. The van der Waals surface area contributed by atoms with Gasteiger partial charge in [-0.25, -0.2) is 13.4 Å². The Hall–Kier alpha value is -3.17. The molecule has 0 saturated carbocycles. The second-order valence-electron chi connectivity index (χ2n) is 7.14. The summed E-state index contributed by atoms with van der Waals surface area (Å²) in [6.07, 6.45) is 0. The molecule has 2 aromatic heterocycles. The third-order valence-corrected chi connectivity index (χ3v) is 7.36. The Morgan fingerprint density at radius 2 is 1.81 bits per heavy atom.